The van der Waals surface area contributed by atoms with E-state index in [9.17, 15) is 19.8 Å². The minimum Gasteiger partial charge on any atom is -0.496 e. The quantitative estimate of drug-likeness (QED) is 0.715. The van der Waals surface area contributed by atoms with Crippen LogP contribution < -0.4 is 4.74 Å². The van der Waals surface area contributed by atoms with Crippen LogP contribution in [-0.2, 0) is 9.53 Å². The number of ether oxygens (including phenoxy) is 2. The lowest BCUT2D eigenvalue weighted by Crippen LogP contribution is -2.57. The summed E-state index contributed by atoms with van der Waals surface area (Å²) in [4.78, 5) is 27.5. The number of hydrogen-bond donors (Lipinski definition) is 2. The number of amides is 2. The predicted octanol–water partition coefficient (Wildman–Crippen LogP) is 3.18. The summed E-state index contributed by atoms with van der Waals surface area (Å²) in [6, 6.07) is 1.97. The van der Waals surface area contributed by atoms with Gasteiger partial charge in [-0.2, -0.15) is 0 Å². The number of carboxylic acid groups (broad SMARTS) is 1. The van der Waals surface area contributed by atoms with Crippen LogP contribution in [0, 0.1) is 0 Å². The first-order valence-electron chi connectivity index (χ1n) is 9.71. The van der Waals surface area contributed by atoms with Crippen molar-refractivity contribution in [2.24, 2.45) is 0 Å². The van der Waals surface area contributed by atoms with Crippen LogP contribution in [0.25, 0.3) is 0 Å². The van der Waals surface area contributed by atoms with Gasteiger partial charge in [0, 0.05) is 12.1 Å². The van der Waals surface area contributed by atoms with Crippen molar-refractivity contribution in [3.8, 4) is 5.75 Å². The van der Waals surface area contributed by atoms with Gasteiger partial charge in [0.1, 0.15) is 17.5 Å². The van der Waals surface area contributed by atoms with Crippen LogP contribution >= 0.6 is 23.2 Å². The third-order valence-corrected chi connectivity index (χ3v) is 6.73. The first-order valence-corrected chi connectivity index (χ1v) is 10.5. The predicted molar refractivity (Wildman–Crippen MR) is 111 cm³/mol. The smallest absolute Gasteiger partial charge is 0.410 e. The second-order valence-electron chi connectivity index (χ2n) is 7.99. The zero-order valence-corrected chi connectivity index (χ0v) is 18.6. The Balaban J connectivity index is 1.83. The number of halogens is 2. The van der Waals surface area contributed by atoms with E-state index >= 15 is 0 Å². The SMILES string of the molecule is COc1ccc(Cl)c(Cl)c1C1CCN(C(=O)[C@H]2COC(C)(C)N2C(=O)O)C(CO)C1. The van der Waals surface area contributed by atoms with E-state index in [4.69, 9.17) is 32.7 Å². The lowest BCUT2D eigenvalue weighted by molar-refractivity contribution is -0.141. The molecule has 10 heteroatoms. The fourth-order valence-electron chi connectivity index (χ4n) is 4.42. The molecule has 30 heavy (non-hydrogen) atoms. The van der Waals surface area contributed by atoms with Crippen LogP contribution in [0.2, 0.25) is 10.0 Å². The molecule has 3 rings (SSSR count). The highest BCUT2D eigenvalue weighted by molar-refractivity contribution is 6.42. The van der Waals surface area contributed by atoms with E-state index in [-0.39, 0.29) is 25.0 Å². The zero-order valence-electron chi connectivity index (χ0n) is 17.1. The molecule has 166 valence electrons. The van der Waals surface area contributed by atoms with Gasteiger partial charge < -0.3 is 24.6 Å². The molecule has 2 aliphatic heterocycles. The third-order valence-electron chi connectivity index (χ3n) is 5.91. The van der Waals surface area contributed by atoms with Gasteiger partial charge >= 0.3 is 6.09 Å². The van der Waals surface area contributed by atoms with Crippen LogP contribution in [0.5, 0.6) is 5.75 Å². The van der Waals surface area contributed by atoms with Crippen LogP contribution in [0.4, 0.5) is 4.79 Å². The van der Waals surface area contributed by atoms with Crippen molar-refractivity contribution in [2.45, 2.75) is 50.4 Å². The maximum atomic E-state index is 13.2. The number of aliphatic hydroxyl groups is 1. The van der Waals surface area contributed by atoms with Crippen LogP contribution in [0.15, 0.2) is 12.1 Å². The Morgan fingerprint density at radius 1 is 1.33 bits per heavy atom. The summed E-state index contributed by atoms with van der Waals surface area (Å²) in [6.45, 7) is 3.28. The van der Waals surface area contributed by atoms with E-state index in [1.165, 1.54) is 0 Å². The number of hydrogen-bond acceptors (Lipinski definition) is 5. The second kappa shape index (κ2) is 8.78. The van der Waals surface area contributed by atoms with Gasteiger partial charge in [-0.05, 0) is 44.7 Å². The van der Waals surface area contributed by atoms with Crippen molar-refractivity contribution >= 4 is 35.2 Å². The molecule has 0 radical (unpaired) electrons. The van der Waals surface area contributed by atoms with Gasteiger partial charge in [0.15, 0.2) is 0 Å². The van der Waals surface area contributed by atoms with Crippen molar-refractivity contribution in [3.05, 3.63) is 27.7 Å². The number of carbonyl (C=O) groups is 2. The van der Waals surface area contributed by atoms with Crippen molar-refractivity contribution in [1.29, 1.82) is 0 Å². The van der Waals surface area contributed by atoms with Crippen LogP contribution in [0.3, 0.4) is 0 Å². The Kier molecular flexibility index (Phi) is 6.72. The molecule has 1 aromatic carbocycles. The molecule has 0 spiro atoms. The molecule has 2 heterocycles. The summed E-state index contributed by atoms with van der Waals surface area (Å²) in [5, 5.41) is 20.4. The second-order valence-corrected chi connectivity index (χ2v) is 8.78. The number of aliphatic hydroxyl groups excluding tert-OH is 1. The minimum atomic E-state index is -1.22. The van der Waals surface area contributed by atoms with Gasteiger partial charge in [0.05, 0.1) is 36.4 Å². The highest BCUT2D eigenvalue weighted by Gasteiger charge is 2.49. The molecule has 3 atom stereocenters. The van der Waals surface area contributed by atoms with Crippen molar-refractivity contribution in [2.75, 3.05) is 26.9 Å². The summed E-state index contributed by atoms with van der Waals surface area (Å²) in [5.41, 5.74) is -0.337. The first-order chi connectivity index (χ1) is 14.1. The van der Waals surface area contributed by atoms with Gasteiger partial charge in [-0.1, -0.05) is 23.2 Å². The Morgan fingerprint density at radius 3 is 2.63 bits per heavy atom. The number of benzene rings is 1. The normalized spacial score (nSPS) is 26.0. The maximum absolute atomic E-state index is 13.2. The van der Waals surface area contributed by atoms with Crippen LogP contribution in [0.1, 0.15) is 38.2 Å². The zero-order chi connectivity index (χ0) is 22.2. The fourth-order valence-corrected chi connectivity index (χ4v) is 4.90. The van der Waals surface area contributed by atoms with E-state index in [1.54, 1.807) is 38.0 Å². The lowest BCUT2D eigenvalue weighted by atomic mass is 9.84. The molecular formula is C20H26Cl2N2O6. The number of piperidine rings is 1. The summed E-state index contributed by atoms with van der Waals surface area (Å²) in [5.74, 6) is 0.165. The number of carbonyl (C=O) groups excluding carboxylic acids is 1. The maximum Gasteiger partial charge on any atom is 0.410 e. The average molecular weight is 461 g/mol. The standard InChI is InChI=1S/C20H26Cl2N2O6/c1-20(2)24(19(27)28)14(10-30-20)18(26)23-7-6-11(8-12(23)9-25)16-15(29-3)5-4-13(21)17(16)22/h4-5,11-12,14,25H,6-10H2,1-3H3,(H,27,28)/t11?,12?,14-/m1/s1. The van der Waals surface area contributed by atoms with Crippen molar-refractivity contribution < 1.29 is 29.3 Å². The summed E-state index contributed by atoms with van der Waals surface area (Å²) >= 11 is 12.6. The Morgan fingerprint density at radius 2 is 2.03 bits per heavy atom. The molecular weight excluding hydrogens is 435 g/mol. The molecule has 2 aliphatic rings. The molecule has 0 bridgehead atoms. The summed E-state index contributed by atoms with van der Waals surface area (Å²) in [6.07, 6.45) is -0.201. The fraction of sp³-hybridized carbons (Fsp3) is 0.600. The van der Waals surface area contributed by atoms with Crippen molar-refractivity contribution in [3.63, 3.8) is 0 Å². The Bertz CT molecular complexity index is 834. The van der Waals surface area contributed by atoms with Gasteiger partial charge in [0.25, 0.3) is 0 Å². The Labute approximate surface area is 185 Å². The molecule has 1 aromatic rings. The highest BCUT2D eigenvalue weighted by Crippen LogP contribution is 2.43. The molecule has 0 aromatic heterocycles. The largest absolute Gasteiger partial charge is 0.496 e. The molecule has 2 fully saturated rings. The van der Waals surface area contributed by atoms with E-state index in [0.29, 0.717) is 35.2 Å². The molecule has 2 amide bonds. The average Bonchev–Trinajstić information content (AvgIpc) is 3.04. The number of nitrogens with zero attached hydrogens (tertiary/aromatic N) is 2. The number of methoxy groups -OCH3 is 1. The van der Waals surface area contributed by atoms with E-state index in [2.05, 4.69) is 0 Å². The molecule has 2 unspecified atom stereocenters. The summed E-state index contributed by atoms with van der Waals surface area (Å²) < 4.78 is 11.0. The van der Waals surface area contributed by atoms with Crippen LogP contribution in [-0.4, -0.2) is 76.7 Å². The first kappa shape index (κ1) is 22.9. The monoisotopic (exact) mass is 460 g/mol. The third kappa shape index (κ3) is 4.06. The number of likely N-dealkylation sites (tertiary alicyclic amines) is 1. The highest BCUT2D eigenvalue weighted by atomic mass is 35.5. The van der Waals surface area contributed by atoms with Gasteiger partial charge in [-0.25, -0.2) is 4.79 Å². The van der Waals surface area contributed by atoms with E-state index in [0.717, 1.165) is 10.5 Å². The molecule has 0 saturated carbocycles. The lowest BCUT2D eigenvalue weighted by Gasteiger charge is -2.41. The Hall–Kier alpha value is -1.74. The number of rotatable bonds is 4. The topological polar surface area (TPSA) is 99.5 Å². The van der Waals surface area contributed by atoms with Crippen molar-refractivity contribution in [1.82, 2.24) is 9.80 Å². The van der Waals surface area contributed by atoms with Gasteiger partial charge in [-0.15, -0.1) is 0 Å². The summed E-state index contributed by atoms with van der Waals surface area (Å²) in [7, 11) is 1.55. The van der Waals surface area contributed by atoms with Gasteiger partial charge in [-0.3, -0.25) is 9.69 Å². The molecule has 8 nitrogen and oxygen atoms in total. The molecule has 2 saturated heterocycles. The van der Waals surface area contributed by atoms with E-state index < -0.39 is 23.9 Å². The molecule has 2 N–H and O–H groups in total. The minimum absolute atomic E-state index is 0.0237. The van der Waals surface area contributed by atoms with E-state index in [1.807, 2.05) is 0 Å². The van der Waals surface area contributed by atoms with Gasteiger partial charge in [0.2, 0.25) is 5.91 Å². The molecule has 0 aliphatic carbocycles.